The number of aliphatic hydroxyl groups excluding tert-OH is 1. The lowest BCUT2D eigenvalue weighted by molar-refractivity contribution is -0.385. The van der Waals surface area contributed by atoms with Crippen molar-refractivity contribution in [2.45, 2.75) is 31.8 Å². The lowest BCUT2D eigenvalue weighted by Gasteiger charge is -2.16. The Balaban J connectivity index is 1.62. The largest absolute Gasteiger partial charge is 0.514 e. The van der Waals surface area contributed by atoms with Crippen molar-refractivity contribution in [1.29, 1.82) is 0 Å². The van der Waals surface area contributed by atoms with Gasteiger partial charge in [-0.2, -0.15) is 0 Å². The van der Waals surface area contributed by atoms with Gasteiger partial charge < -0.3 is 24.1 Å². The molecule has 1 aromatic heterocycles. The summed E-state index contributed by atoms with van der Waals surface area (Å²) in [5.41, 5.74) is -1.46. The minimum atomic E-state index is -1.25. The van der Waals surface area contributed by atoms with Crippen LogP contribution in [0.15, 0.2) is 34.0 Å². The second kappa shape index (κ2) is 8.97. The third kappa shape index (κ3) is 4.90. The van der Waals surface area contributed by atoms with Crippen LogP contribution in [0.3, 0.4) is 0 Å². The number of nitrogens with one attached hydrogen (secondary N) is 1. The smallest absolute Gasteiger partial charge is 0.496 e. The fraction of sp³-hybridized carbons (Fsp3) is 0.389. The van der Waals surface area contributed by atoms with E-state index in [9.17, 15) is 29.6 Å². The molecule has 1 saturated heterocycles. The number of hydrogen-bond donors (Lipinski definition) is 2. The Morgan fingerprint density at radius 3 is 2.84 bits per heavy atom. The summed E-state index contributed by atoms with van der Waals surface area (Å²) in [5, 5.41) is 21.3. The van der Waals surface area contributed by atoms with E-state index in [1.54, 1.807) is 0 Å². The second-order valence-electron chi connectivity index (χ2n) is 6.66. The SMILES string of the molecule is COc1ccc(OC(=O)OCC2OC(n3cc(C)c(=O)[nH]c3=O)CC2O)c([N+](=O)[O-])c1. The van der Waals surface area contributed by atoms with Crippen molar-refractivity contribution in [3.8, 4) is 11.5 Å². The molecule has 0 bridgehead atoms. The molecule has 0 saturated carbocycles. The predicted octanol–water partition coefficient (Wildman–Crippen LogP) is 0.626. The van der Waals surface area contributed by atoms with Crippen molar-refractivity contribution >= 4 is 11.8 Å². The summed E-state index contributed by atoms with van der Waals surface area (Å²) in [7, 11) is 1.33. The number of methoxy groups -OCH3 is 1. The van der Waals surface area contributed by atoms with Crippen LogP contribution in [-0.2, 0) is 9.47 Å². The molecule has 2 N–H and O–H groups in total. The van der Waals surface area contributed by atoms with E-state index in [2.05, 4.69) is 4.98 Å². The van der Waals surface area contributed by atoms with Gasteiger partial charge in [0.05, 0.1) is 24.2 Å². The average Bonchev–Trinajstić information content (AvgIpc) is 3.09. The first-order valence-electron chi connectivity index (χ1n) is 9.02. The summed E-state index contributed by atoms with van der Waals surface area (Å²) in [4.78, 5) is 47.9. The quantitative estimate of drug-likeness (QED) is 0.282. The number of aromatic amines is 1. The lowest BCUT2D eigenvalue weighted by atomic mass is 10.2. The first-order valence-corrected chi connectivity index (χ1v) is 9.02. The molecule has 3 unspecified atom stereocenters. The first kappa shape index (κ1) is 22.0. The lowest BCUT2D eigenvalue weighted by Crippen LogP contribution is -2.33. The number of benzene rings is 1. The zero-order valence-electron chi connectivity index (χ0n) is 16.5. The Morgan fingerprint density at radius 1 is 1.42 bits per heavy atom. The van der Waals surface area contributed by atoms with Crippen LogP contribution in [0.2, 0.25) is 0 Å². The molecule has 3 atom stereocenters. The number of nitro groups is 1. The Kier molecular flexibility index (Phi) is 6.36. The number of carbonyl (C=O) groups excluding carboxylic acids is 1. The Labute approximate surface area is 173 Å². The van der Waals surface area contributed by atoms with Crippen molar-refractivity contribution < 1.29 is 33.8 Å². The summed E-state index contributed by atoms with van der Waals surface area (Å²) in [6, 6.07) is 3.63. The monoisotopic (exact) mass is 437 g/mol. The molecule has 1 aliphatic rings. The van der Waals surface area contributed by atoms with Gasteiger partial charge in [-0.1, -0.05) is 0 Å². The van der Waals surface area contributed by atoms with Crippen molar-refractivity contribution in [3.63, 3.8) is 0 Å². The van der Waals surface area contributed by atoms with Crippen molar-refractivity contribution in [2.24, 2.45) is 0 Å². The maximum atomic E-state index is 12.0. The number of H-pyrrole nitrogens is 1. The van der Waals surface area contributed by atoms with E-state index in [-0.39, 0.29) is 23.5 Å². The topological polar surface area (TPSA) is 172 Å². The van der Waals surface area contributed by atoms with Crippen LogP contribution in [0, 0.1) is 17.0 Å². The van der Waals surface area contributed by atoms with Crippen LogP contribution < -0.4 is 20.7 Å². The molecular formula is C18H19N3O10. The van der Waals surface area contributed by atoms with Gasteiger partial charge >= 0.3 is 17.5 Å². The molecule has 1 aliphatic heterocycles. The van der Waals surface area contributed by atoms with E-state index in [1.165, 1.54) is 32.4 Å². The molecule has 0 aliphatic carbocycles. The Morgan fingerprint density at radius 2 is 2.16 bits per heavy atom. The second-order valence-corrected chi connectivity index (χ2v) is 6.66. The molecule has 13 nitrogen and oxygen atoms in total. The molecule has 1 aromatic carbocycles. The zero-order chi connectivity index (χ0) is 22.7. The van der Waals surface area contributed by atoms with Gasteiger partial charge in [0.25, 0.3) is 5.56 Å². The molecule has 2 aromatic rings. The van der Waals surface area contributed by atoms with Gasteiger partial charge in [-0.3, -0.25) is 24.5 Å². The third-order valence-electron chi connectivity index (χ3n) is 4.58. The van der Waals surface area contributed by atoms with Crippen LogP contribution in [0.1, 0.15) is 18.2 Å². The maximum absolute atomic E-state index is 12.0. The van der Waals surface area contributed by atoms with Gasteiger partial charge in [-0.05, 0) is 19.1 Å². The summed E-state index contributed by atoms with van der Waals surface area (Å²) < 4.78 is 21.4. The molecule has 31 heavy (non-hydrogen) atoms. The normalized spacial score (nSPS) is 20.3. The highest BCUT2D eigenvalue weighted by atomic mass is 16.7. The van der Waals surface area contributed by atoms with Crippen LogP contribution >= 0.6 is 0 Å². The number of aromatic nitrogens is 2. The standard InChI is InChI=1S/C18H19N3O10/c1-9-7-20(17(24)19-16(9)23)15-6-12(22)14(30-15)8-29-18(25)31-13-4-3-10(28-2)5-11(13)21(26)27/h3-5,7,12,14-15,22H,6,8H2,1-2H3,(H,19,23,24). The first-order chi connectivity index (χ1) is 14.7. The van der Waals surface area contributed by atoms with E-state index >= 15 is 0 Å². The van der Waals surface area contributed by atoms with Crippen LogP contribution in [0.4, 0.5) is 10.5 Å². The summed E-state index contributed by atoms with van der Waals surface area (Å²) in [5.74, 6) is -0.148. The van der Waals surface area contributed by atoms with E-state index in [0.29, 0.717) is 0 Å². The van der Waals surface area contributed by atoms with Gasteiger partial charge in [0.1, 0.15) is 24.7 Å². The molecule has 0 spiro atoms. The molecular weight excluding hydrogens is 418 g/mol. The minimum Gasteiger partial charge on any atom is -0.496 e. The van der Waals surface area contributed by atoms with Crippen LogP contribution in [0.25, 0.3) is 0 Å². The highest BCUT2D eigenvalue weighted by Gasteiger charge is 2.36. The fourth-order valence-electron chi connectivity index (χ4n) is 2.96. The number of carbonyl (C=O) groups is 1. The van der Waals surface area contributed by atoms with Crippen molar-refractivity contribution in [3.05, 3.63) is 60.9 Å². The molecule has 166 valence electrons. The van der Waals surface area contributed by atoms with Crippen LogP contribution in [0.5, 0.6) is 11.5 Å². The fourth-order valence-corrected chi connectivity index (χ4v) is 2.96. The maximum Gasteiger partial charge on any atom is 0.514 e. The summed E-state index contributed by atoms with van der Waals surface area (Å²) in [6.07, 6.45) is -2.87. The molecule has 2 heterocycles. The number of aryl methyl sites for hydroxylation is 1. The summed E-state index contributed by atoms with van der Waals surface area (Å²) >= 11 is 0. The number of nitro benzene ring substituents is 1. The highest BCUT2D eigenvalue weighted by molar-refractivity contribution is 5.67. The van der Waals surface area contributed by atoms with Crippen molar-refractivity contribution in [1.82, 2.24) is 9.55 Å². The van der Waals surface area contributed by atoms with E-state index in [1.807, 2.05) is 0 Å². The summed E-state index contributed by atoms with van der Waals surface area (Å²) in [6.45, 7) is 1.08. The Bertz CT molecular complexity index is 1110. The van der Waals surface area contributed by atoms with Gasteiger partial charge in [0.2, 0.25) is 5.75 Å². The average molecular weight is 437 g/mol. The van der Waals surface area contributed by atoms with Crippen molar-refractivity contribution in [2.75, 3.05) is 13.7 Å². The van der Waals surface area contributed by atoms with E-state index in [4.69, 9.17) is 18.9 Å². The van der Waals surface area contributed by atoms with Gasteiger partial charge in [-0.15, -0.1) is 0 Å². The molecule has 1 fully saturated rings. The highest BCUT2D eigenvalue weighted by Crippen LogP contribution is 2.32. The molecule has 0 radical (unpaired) electrons. The number of nitrogens with zero attached hydrogens (tertiary/aromatic N) is 2. The number of hydrogen-bond acceptors (Lipinski definition) is 10. The predicted molar refractivity (Wildman–Crippen MR) is 102 cm³/mol. The third-order valence-corrected chi connectivity index (χ3v) is 4.58. The molecule has 0 amide bonds. The minimum absolute atomic E-state index is 0.0123. The van der Waals surface area contributed by atoms with Crippen LogP contribution in [-0.4, -0.2) is 51.7 Å². The molecule has 13 heteroatoms. The Hall–Kier alpha value is -3.71. The van der Waals surface area contributed by atoms with Gasteiger partial charge in [0.15, 0.2) is 0 Å². The van der Waals surface area contributed by atoms with Gasteiger partial charge in [-0.25, -0.2) is 9.59 Å². The zero-order valence-corrected chi connectivity index (χ0v) is 16.5. The molecule has 3 rings (SSSR count). The van der Waals surface area contributed by atoms with Gasteiger partial charge in [0, 0.05) is 18.2 Å². The number of rotatable bonds is 6. The number of aliphatic hydroxyl groups is 1. The van der Waals surface area contributed by atoms with E-state index < -0.39 is 53.1 Å². The van der Waals surface area contributed by atoms with E-state index in [0.717, 1.165) is 10.6 Å². The number of ether oxygens (including phenoxy) is 4.